The van der Waals surface area contributed by atoms with Gasteiger partial charge in [-0.05, 0) is 168 Å². The average Bonchev–Trinajstić information content (AvgIpc) is 1.60. The van der Waals surface area contributed by atoms with Crippen LogP contribution in [0.4, 0.5) is 22.7 Å². The summed E-state index contributed by atoms with van der Waals surface area (Å²) in [7, 11) is 7.57. The zero-order chi connectivity index (χ0) is 81.3. The summed E-state index contributed by atoms with van der Waals surface area (Å²) in [5, 5.41) is 7.86. The summed E-state index contributed by atoms with van der Waals surface area (Å²) in [5.41, 5.74) is 28.2. The second kappa shape index (κ2) is 27.1. The molecule has 0 aliphatic heterocycles. The molecule has 104 heavy (non-hydrogen) atoms. The molecule has 0 atom stereocenters. The van der Waals surface area contributed by atoms with Crippen LogP contribution in [0.5, 0.6) is 0 Å². The predicted molar refractivity (Wildman–Crippen MR) is 422 cm³/mol. The molecule has 8 heterocycles. The number of hydrogen-bond acceptors (Lipinski definition) is 4. The van der Waals surface area contributed by atoms with Crippen LogP contribution < -0.4 is 18.3 Å². The van der Waals surface area contributed by atoms with E-state index in [1.165, 1.54) is 0 Å². The van der Waals surface area contributed by atoms with Crippen molar-refractivity contribution in [3.05, 3.63) is 281 Å². The lowest BCUT2D eigenvalue weighted by Gasteiger charge is -2.09. The van der Waals surface area contributed by atoms with Gasteiger partial charge in [-0.3, -0.25) is 0 Å². The van der Waals surface area contributed by atoms with Gasteiger partial charge in [0.15, 0.2) is 45.5 Å². The summed E-state index contributed by atoms with van der Waals surface area (Å²) >= 11 is 0. The third-order valence-electron chi connectivity index (χ3n) is 20.2. The summed E-state index contributed by atoms with van der Waals surface area (Å²) < 4.78 is 101. The SMILES string of the molecule is [2H]c1c(C)c([2H])c(-c2c(C)cc(C)c3c2oc2cc([N+]#[C-])ccc23)[n+](C)c1C.[2H]c1c(C)c([2H])c(-c2c(C)ccc3c2oc2c(C)c([N+]#[C-])ccc23)[n+](C)c1C.[2H]c1c(C)c([2H])c(-c2c(C)ccc3c2oc2cc([N+]#[C-])c(C)cc23)[n+](C)c1C.[2H]c1c(C)c([2H])c(-c2c(C)ccc3c2oc2cc([N+]#[C-])cc(C)c23)[n+](C)c1C. The zero-order valence-corrected chi connectivity index (χ0v) is 62.4. The summed E-state index contributed by atoms with van der Waals surface area (Å²) in [4.78, 5) is 14.2. The van der Waals surface area contributed by atoms with Crippen LogP contribution in [0.25, 0.3) is 152 Å². The largest absolute Gasteiger partial charge is 0.456 e. The Labute approximate surface area is 619 Å². The van der Waals surface area contributed by atoms with Crippen LogP contribution in [0.1, 0.15) is 101 Å². The Balaban J connectivity index is 0.000000131. The number of rotatable bonds is 4. The Morgan fingerprint density at radius 1 is 0.288 bits per heavy atom. The van der Waals surface area contributed by atoms with Gasteiger partial charge >= 0.3 is 0 Å². The lowest BCUT2D eigenvalue weighted by atomic mass is 9.96. The van der Waals surface area contributed by atoms with Gasteiger partial charge in [-0.15, -0.1) is 0 Å². The van der Waals surface area contributed by atoms with Gasteiger partial charge in [-0.2, -0.15) is 18.3 Å². The molecule has 0 unspecified atom stereocenters. The van der Waals surface area contributed by atoms with Crippen molar-refractivity contribution in [2.75, 3.05) is 0 Å². The first kappa shape index (κ1) is 60.3. The fourth-order valence-electron chi connectivity index (χ4n) is 14.5. The second-order valence-electron chi connectivity index (χ2n) is 27.4. The highest BCUT2D eigenvalue weighted by molar-refractivity contribution is 6.15. The minimum atomic E-state index is 0.340. The molecule has 0 saturated heterocycles. The van der Waals surface area contributed by atoms with E-state index < -0.39 is 0 Å². The van der Waals surface area contributed by atoms with Crippen molar-refractivity contribution >= 4 is 111 Å². The Hall–Kier alpha value is -12.5. The highest BCUT2D eigenvalue weighted by Crippen LogP contribution is 2.45. The van der Waals surface area contributed by atoms with Crippen molar-refractivity contribution in [3.8, 4) is 45.0 Å². The number of aryl methyl sites for hydroxylation is 8. The van der Waals surface area contributed by atoms with Gasteiger partial charge in [0.05, 0.1) is 59.5 Å². The molecule has 0 aliphatic carbocycles. The molecule has 0 fully saturated rings. The smallest absolute Gasteiger partial charge is 0.216 e. The van der Waals surface area contributed by atoms with Crippen LogP contribution in [0.15, 0.2) is 163 Å². The molecule has 0 bridgehead atoms. The fourth-order valence-corrected chi connectivity index (χ4v) is 14.5. The molecule has 0 saturated carbocycles. The van der Waals surface area contributed by atoms with E-state index in [9.17, 15) is 0 Å². The predicted octanol–water partition coefficient (Wildman–Crippen LogP) is 23.4. The maximum absolute atomic E-state index is 8.71. The molecule has 12 nitrogen and oxygen atoms in total. The maximum atomic E-state index is 8.71. The zero-order valence-electron chi connectivity index (χ0n) is 70.4. The third kappa shape index (κ3) is 12.1. The van der Waals surface area contributed by atoms with Crippen LogP contribution in [0.3, 0.4) is 0 Å². The highest BCUT2D eigenvalue weighted by Gasteiger charge is 2.28. The van der Waals surface area contributed by atoms with E-state index in [-0.39, 0.29) is 0 Å². The van der Waals surface area contributed by atoms with Gasteiger partial charge in [0.2, 0.25) is 22.8 Å². The standard InChI is InChI=1S/4C23H21N2O/c1-13-9-16(4)25(6)19(10-13)22-15(3)11-14(2)21-18-8-7-17(24-5)12-20(18)26-23(21)22;1-13-9-16(4)25(6)19(10-13)22-14(2)7-8-18-21-15(3)11-17(24-5)12-20(21)26-23(18)22;1-13-9-16(4)25(6)20(10-13)22-14(2)7-8-17-18-11-15(3)19(24-5)12-21(18)26-23(17)22;1-13-11-15(3)25(6)20(12-13)21-14(2)7-8-18-17-9-10-19(24-5)16(4)22(17)26-23(18)21/h4*7-12H,1-4,6H3/q4*+1/i3*9D,10D;11D,12D. The first-order valence-corrected chi connectivity index (χ1v) is 34.3. The molecule has 16 rings (SSSR count). The quantitative estimate of drug-likeness (QED) is 0.130. The van der Waals surface area contributed by atoms with Crippen LogP contribution >= 0.6 is 0 Å². The van der Waals surface area contributed by atoms with E-state index in [1.54, 1.807) is 18.2 Å². The van der Waals surface area contributed by atoms with E-state index in [1.807, 2.05) is 223 Å². The van der Waals surface area contributed by atoms with Gasteiger partial charge in [-0.1, -0.05) is 78.9 Å². The van der Waals surface area contributed by atoms with Crippen LogP contribution in [0.2, 0.25) is 0 Å². The average molecular weight is 1370 g/mol. The minimum Gasteiger partial charge on any atom is -0.456 e. The van der Waals surface area contributed by atoms with Crippen LogP contribution in [-0.2, 0) is 28.2 Å². The summed E-state index contributed by atoms with van der Waals surface area (Å²) in [6, 6.07) is 34.0. The molecule has 0 aliphatic rings. The van der Waals surface area contributed by atoms with E-state index in [0.717, 1.165) is 183 Å². The fraction of sp³-hybridized carbons (Fsp3) is 0.217. The summed E-state index contributed by atoms with van der Waals surface area (Å²) in [6.07, 6.45) is 0. The topological polar surface area (TPSA) is 85.5 Å². The van der Waals surface area contributed by atoms with Crippen LogP contribution in [0, 0.1) is 137 Å². The number of pyridine rings is 4. The van der Waals surface area contributed by atoms with E-state index in [0.29, 0.717) is 110 Å². The number of hydrogen-bond donors (Lipinski definition) is 0. The van der Waals surface area contributed by atoms with E-state index in [2.05, 4.69) is 32.4 Å². The molecule has 8 aromatic carbocycles. The molecule has 512 valence electrons. The van der Waals surface area contributed by atoms with Gasteiger partial charge in [0.25, 0.3) is 0 Å². The van der Waals surface area contributed by atoms with Crippen molar-refractivity contribution < 1.29 is 46.9 Å². The third-order valence-corrected chi connectivity index (χ3v) is 20.2. The molecule has 0 spiro atoms. The minimum absolute atomic E-state index is 0.340. The molecule has 0 N–H and O–H groups in total. The van der Waals surface area contributed by atoms with Gasteiger partial charge in [0.1, 0.15) is 72.9 Å². The Morgan fingerprint density at radius 2 is 0.673 bits per heavy atom. The number of aromatic nitrogens is 4. The Bertz CT molecular complexity index is 6820. The van der Waals surface area contributed by atoms with Crippen LogP contribution in [-0.4, -0.2) is 0 Å². The van der Waals surface area contributed by atoms with E-state index in [4.69, 9.17) is 54.9 Å². The molecule has 0 amide bonds. The van der Waals surface area contributed by atoms with Crippen molar-refractivity contribution in [2.45, 2.75) is 111 Å². The first-order chi connectivity index (χ1) is 53.0. The monoisotopic (exact) mass is 1370 g/mol. The molecule has 0 radical (unpaired) electrons. The Kier molecular flexibility index (Phi) is 15.7. The van der Waals surface area contributed by atoms with Gasteiger partial charge < -0.3 is 17.7 Å². The highest BCUT2D eigenvalue weighted by atomic mass is 16.3. The maximum Gasteiger partial charge on any atom is 0.216 e. The lowest BCUT2D eigenvalue weighted by molar-refractivity contribution is -0.666. The normalized spacial score (nSPS) is 12.3. The molecule has 12 heteroatoms. The molecular weight excluding hydrogens is 1280 g/mol. The van der Waals surface area contributed by atoms with Gasteiger partial charge in [-0.25, -0.2) is 19.4 Å². The molecular formula is C92H84N8O4+4. The molecule has 16 aromatic rings. The molecule has 8 aromatic heterocycles. The summed E-state index contributed by atoms with van der Waals surface area (Å²) in [6.45, 7) is 60.2. The second-order valence-corrected chi connectivity index (χ2v) is 27.4. The number of nitrogens with zero attached hydrogens (tertiary/aromatic N) is 8. The number of fused-ring (bicyclic) bond motifs is 12. The number of furan rings is 4. The van der Waals surface area contributed by atoms with Gasteiger partial charge in [0, 0.05) is 119 Å². The van der Waals surface area contributed by atoms with Crippen molar-refractivity contribution in [3.63, 3.8) is 0 Å². The van der Waals surface area contributed by atoms with Crippen molar-refractivity contribution in [1.29, 1.82) is 0 Å². The summed E-state index contributed by atoms with van der Waals surface area (Å²) in [5.74, 6) is 0. The van der Waals surface area contributed by atoms with E-state index >= 15 is 0 Å². The van der Waals surface area contributed by atoms with Crippen molar-refractivity contribution in [1.82, 2.24) is 0 Å². The Morgan fingerprint density at radius 3 is 1.16 bits per heavy atom. The number of benzene rings is 8. The van der Waals surface area contributed by atoms with Crippen molar-refractivity contribution in [2.24, 2.45) is 28.2 Å². The lowest BCUT2D eigenvalue weighted by Crippen LogP contribution is -2.35. The first-order valence-electron chi connectivity index (χ1n) is 38.3.